The third kappa shape index (κ3) is 3.05. The Kier molecular flexibility index (Phi) is 4.05. The maximum Gasteiger partial charge on any atom is 0.278 e. The Morgan fingerprint density at radius 2 is 2.00 bits per heavy atom. The van der Waals surface area contributed by atoms with Crippen LogP contribution in [0, 0.1) is 0 Å². The van der Waals surface area contributed by atoms with Gasteiger partial charge in [0.2, 0.25) is 5.91 Å². The van der Waals surface area contributed by atoms with Crippen LogP contribution < -0.4 is 10.9 Å². The van der Waals surface area contributed by atoms with Crippen LogP contribution in [0.4, 0.5) is 0 Å². The van der Waals surface area contributed by atoms with Crippen LogP contribution in [-0.4, -0.2) is 26.1 Å². The molecule has 0 spiro atoms. The predicted octanol–water partition coefficient (Wildman–Crippen LogP) is 2.51. The topological polar surface area (TPSA) is 68.9 Å². The molecule has 1 N–H and O–H groups in total. The summed E-state index contributed by atoms with van der Waals surface area (Å²) in [4.78, 5) is 29.3. The Balaban J connectivity index is 1.69. The lowest BCUT2D eigenvalue weighted by Crippen LogP contribution is -2.42. The van der Waals surface area contributed by atoms with Crippen LogP contribution in [0.1, 0.15) is 19.3 Å². The fraction of sp³-hybridized carbons (Fsp3) is 0.278. The summed E-state index contributed by atoms with van der Waals surface area (Å²) < 4.78 is 3.12. The minimum absolute atomic E-state index is 0.0237. The zero-order valence-corrected chi connectivity index (χ0v) is 14.2. The third-order valence-corrected chi connectivity index (χ3v) is 4.81. The first-order valence-electron chi connectivity index (χ1n) is 8.23. The van der Waals surface area contributed by atoms with Crippen LogP contribution in [-0.2, 0) is 11.3 Å². The average Bonchev–Trinajstić information content (AvgIpc) is 2.99. The zero-order valence-electron chi connectivity index (χ0n) is 13.5. The van der Waals surface area contributed by atoms with Gasteiger partial charge in [-0.1, -0.05) is 11.6 Å². The number of halogens is 1. The van der Waals surface area contributed by atoms with Gasteiger partial charge in [0.25, 0.3) is 5.56 Å². The highest BCUT2D eigenvalue weighted by Gasteiger charge is 2.20. The summed E-state index contributed by atoms with van der Waals surface area (Å²) in [6.45, 7) is -0.0237. The number of carbonyl (C=O) groups excluding carboxylic acids is 1. The molecule has 6 nitrogen and oxygen atoms in total. The molecule has 128 valence electrons. The van der Waals surface area contributed by atoms with Crippen molar-refractivity contribution in [3.05, 3.63) is 58.2 Å². The van der Waals surface area contributed by atoms with Gasteiger partial charge in [-0.3, -0.25) is 14.2 Å². The molecule has 2 heterocycles. The van der Waals surface area contributed by atoms with Gasteiger partial charge >= 0.3 is 0 Å². The largest absolute Gasteiger partial charge is 0.352 e. The summed E-state index contributed by atoms with van der Waals surface area (Å²) in [5, 5.41) is 3.57. The number of benzene rings is 1. The molecule has 1 saturated carbocycles. The van der Waals surface area contributed by atoms with Crippen molar-refractivity contribution in [3.63, 3.8) is 0 Å². The molecule has 0 atom stereocenters. The minimum Gasteiger partial charge on any atom is -0.352 e. The van der Waals surface area contributed by atoms with E-state index in [4.69, 9.17) is 11.6 Å². The number of nitrogens with one attached hydrogen (secondary N) is 1. The quantitative estimate of drug-likeness (QED) is 0.781. The average molecular weight is 357 g/mol. The molecule has 25 heavy (non-hydrogen) atoms. The maximum absolute atomic E-state index is 12.9. The van der Waals surface area contributed by atoms with Crippen LogP contribution in [0.2, 0.25) is 5.02 Å². The first-order valence-corrected chi connectivity index (χ1v) is 8.61. The first kappa shape index (κ1) is 15.9. The molecule has 0 saturated heterocycles. The normalized spacial score (nSPS) is 14.4. The molecule has 3 aromatic rings. The van der Waals surface area contributed by atoms with E-state index in [9.17, 15) is 9.59 Å². The second-order valence-electron chi connectivity index (χ2n) is 6.27. The first-order chi connectivity index (χ1) is 12.1. The van der Waals surface area contributed by atoms with Gasteiger partial charge in [-0.05, 0) is 49.6 Å². The molecule has 1 aliphatic rings. The van der Waals surface area contributed by atoms with Gasteiger partial charge in [-0.2, -0.15) is 0 Å². The van der Waals surface area contributed by atoms with Crippen LogP contribution >= 0.6 is 11.6 Å². The zero-order chi connectivity index (χ0) is 17.4. The van der Waals surface area contributed by atoms with Crippen LogP contribution in [0.25, 0.3) is 16.7 Å². The van der Waals surface area contributed by atoms with Crippen molar-refractivity contribution in [2.24, 2.45) is 0 Å². The van der Waals surface area contributed by atoms with Gasteiger partial charge in [-0.25, -0.2) is 4.98 Å². The number of hydrogen-bond donors (Lipinski definition) is 1. The van der Waals surface area contributed by atoms with Crippen molar-refractivity contribution >= 4 is 28.5 Å². The number of nitrogens with zero attached hydrogens (tertiary/aromatic N) is 3. The van der Waals surface area contributed by atoms with Crippen molar-refractivity contribution < 1.29 is 4.79 Å². The van der Waals surface area contributed by atoms with Gasteiger partial charge in [-0.15, -0.1) is 0 Å². The lowest BCUT2D eigenvalue weighted by Gasteiger charge is -2.26. The van der Waals surface area contributed by atoms with E-state index in [0.717, 1.165) is 24.9 Å². The van der Waals surface area contributed by atoms with Crippen molar-refractivity contribution in [1.82, 2.24) is 19.4 Å². The number of fused-ring (bicyclic) bond motifs is 1. The number of hydrogen-bond acceptors (Lipinski definition) is 3. The molecule has 4 rings (SSSR count). The van der Waals surface area contributed by atoms with Gasteiger partial charge in [0.15, 0.2) is 0 Å². The molecule has 1 aliphatic carbocycles. The van der Waals surface area contributed by atoms with Crippen LogP contribution in [0.5, 0.6) is 0 Å². The van der Waals surface area contributed by atoms with Crippen molar-refractivity contribution in [3.8, 4) is 5.69 Å². The number of amides is 1. The third-order valence-electron chi connectivity index (χ3n) is 4.55. The van der Waals surface area contributed by atoms with E-state index in [1.165, 1.54) is 10.9 Å². The molecule has 2 aromatic heterocycles. The molecule has 7 heteroatoms. The lowest BCUT2D eigenvalue weighted by molar-refractivity contribution is -0.122. The molecule has 0 aliphatic heterocycles. The molecular weight excluding hydrogens is 340 g/mol. The van der Waals surface area contributed by atoms with Crippen molar-refractivity contribution in [2.75, 3.05) is 0 Å². The highest BCUT2D eigenvalue weighted by Crippen LogP contribution is 2.19. The summed E-state index contributed by atoms with van der Waals surface area (Å²) in [5.41, 5.74) is 1.61. The molecule has 0 unspecified atom stereocenters. The Morgan fingerprint density at radius 1 is 1.24 bits per heavy atom. The van der Waals surface area contributed by atoms with E-state index in [1.807, 2.05) is 12.1 Å². The predicted molar refractivity (Wildman–Crippen MR) is 96.1 cm³/mol. The van der Waals surface area contributed by atoms with Gasteiger partial charge in [0.05, 0.1) is 11.8 Å². The Hall–Kier alpha value is -2.60. The summed E-state index contributed by atoms with van der Waals surface area (Å²) >= 11 is 5.93. The van der Waals surface area contributed by atoms with E-state index < -0.39 is 0 Å². The highest BCUT2D eigenvalue weighted by molar-refractivity contribution is 6.30. The summed E-state index contributed by atoms with van der Waals surface area (Å²) in [5.74, 6) is -0.155. The van der Waals surface area contributed by atoms with Crippen molar-refractivity contribution in [2.45, 2.75) is 31.8 Å². The standard InChI is InChI=1S/C18H17ClN4O2/c19-12-4-6-14(7-5-12)23-9-8-15-17(23)18(25)22(11-20-15)10-16(24)21-13-2-1-3-13/h4-9,11,13H,1-3,10H2,(H,21,24). The molecule has 0 bridgehead atoms. The van der Waals surface area contributed by atoms with Crippen LogP contribution in [0.15, 0.2) is 47.7 Å². The second-order valence-corrected chi connectivity index (χ2v) is 6.71. The smallest absolute Gasteiger partial charge is 0.278 e. The van der Waals surface area contributed by atoms with E-state index in [-0.39, 0.29) is 24.1 Å². The molecule has 0 radical (unpaired) electrons. The molecule has 1 aromatic carbocycles. The Bertz CT molecular complexity index is 986. The van der Waals surface area contributed by atoms with E-state index in [1.54, 1.807) is 29.0 Å². The maximum atomic E-state index is 12.9. The summed E-state index contributed by atoms with van der Waals surface area (Å²) in [7, 11) is 0. The van der Waals surface area contributed by atoms with Gasteiger partial charge in [0.1, 0.15) is 12.1 Å². The molecular formula is C18H17ClN4O2. The van der Waals surface area contributed by atoms with E-state index in [2.05, 4.69) is 10.3 Å². The van der Waals surface area contributed by atoms with Gasteiger partial charge in [0, 0.05) is 22.9 Å². The summed E-state index contributed by atoms with van der Waals surface area (Å²) in [6.07, 6.45) is 6.39. The fourth-order valence-corrected chi connectivity index (χ4v) is 3.10. The lowest BCUT2D eigenvalue weighted by atomic mass is 9.93. The second kappa shape index (κ2) is 6.37. The van der Waals surface area contributed by atoms with E-state index in [0.29, 0.717) is 16.1 Å². The Morgan fingerprint density at radius 3 is 2.68 bits per heavy atom. The minimum atomic E-state index is -0.242. The number of aromatic nitrogens is 3. The summed E-state index contributed by atoms with van der Waals surface area (Å²) in [6, 6.07) is 9.24. The van der Waals surface area contributed by atoms with E-state index >= 15 is 0 Å². The fourth-order valence-electron chi connectivity index (χ4n) is 2.97. The number of carbonyl (C=O) groups is 1. The molecule has 1 amide bonds. The van der Waals surface area contributed by atoms with Crippen LogP contribution in [0.3, 0.4) is 0 Å². The van der Waals surface area contributed by atoms with Gasteiger partial charge < -0.3 is 9.88 Å². The monoisotopic (exact) mass is 356 g/mol. The highest BCUT2D eigenvalue weighted by atomic mass is 35.5. The Labute approximate surface area is 149 Å². The van der Waals surface area contributed by atoms with Crippen molar-refractivity contribution in [1.29, 1.82) is 0 Å². The SMILES string of the molecule is O=C(Cn1cnc2ccn(-c3ccc(Cl)cc3)c2c1=O)NC1CCC1. The molecule has 1 fully saturated rings. The number of rotatable bonds is 4.